The summed E-state index contributed by atoms with van der Waals surface area (Å²) in [6, 6.07) is 5.85. The highest BCUT2D eigenvalue weighted by atomic mass is 16.6. The van der Waals surface area contributed by atoms with Gasteiger partial charge in [0.25, 0.3) is 5.69 Å². The van der Waals surface area contributed by atoms with Crippen LogP contribution in [0.3, 0.4) is 0 Å². The van der Waals surface area contributed by atoms with E-state index in [1.54, 1.807) is 25.2 Å². The van der Waals surface area contributed by atoms with Crippen molar-refractivity contribution in [3.8, 4) is 0 Å². The zero-order valence-electron chi connectivity index (χ0n) is 11.2. The van der Waals surface area contributed by atoms with Crippen LogP contribution < -0.4 is 5.73 Å². The Morgan fingerprint density at radius 3 is 2.68 bits per heavy atom. The predicted molar refractivity (Wildman–Crippen MR) is 72.5 cm³/mol. The van der Waals surface area contributed by atoms with Crippen molar-refractivity contribution in [3.63, 3.8) is 0 Å². The SMILES string of the molecule is CCCC(N)C(=O)N(C)Cc1ccccc1[N+](=O)[O-]. The van der Waals surface area contributed by atoms with Crippen LogP contribution in [0, 0.1) is 10.1 Å². The van der Waals surface area contributed by atoms with E-state index in [0.717, 1.165) is 6.42 Å². The molecule has 1 amide bonds. The number of benzene rings is 1. The molecule has 0 fully saturated rings. The summed E-state index contributed by atoms with van der Waals surface area (Å²) < 4.78 is 0. The third-order valence-electron chi connectivity index (χ3n) is 2.89. The zero-order valence-corrected chi connectivity index (χ0v) is 11.2. The summed E-state index contributed by atoms with van der Waals surface area (Å²) in [5, 5.41) is 10.9. The Morgan fingerprint density at radius 2 is 2.11 bits per heavy atom. The summed E-state index contributed by atoms with van der Waals surface area (Å²) in [6.45, 7) is 2.14. The van der Waals surface area contributed by atoms with Crippen molar-refractivity contribution in [1.82, 2.24) is 4.90 Å². The van der Waals surface area contributed by atoms with Crippen molar-refractivity contribution >= 4 is 11.6 Å². The fourth-order valence-electron chi connectivity index (χ4n) is 1.87. The standard InChI is InChI=1S/C13H19N3O3/c1-3-6-11(14)13(17)15(2)9-10-7-4-5-8-12(10)16(18)19/h4-5,7-8,11H,3,6,9,14H2,1-2H3. The summed E-state index contributed by atoms with van der Waals surface area (Å²) in [5.74, 6) is -0.194. The van der Waals surface area contributed by atoms with Crippen molar-refractivity contribution in [1.29, 1.82) is 0 Å². The van der Waals surface area contributed by atoms with Crippen LogP contribution in [0.2, 0.25) is 0 Å². The first-order valence-corrected chi connectivity index (χ1v) is 6.20. The van der Waals surface area contributed by atoms with Crippen LogP contribution in [-0.4, -0.2) is 28.8 Å². The van der Waals surface area contributed by atoms with E-state index in [2.05, 4.69) is 0 Å². The maximum Gasteiger partial charge on any atom is 0.274 e. The van der Waals surface area contributed by atoms with Gasteiger partial charge in [0.1, 0.15) is 0 Å². The zero-order chi connectivity index (χ0) is 14.4. The molecule has 0 aliphatic carbocycles. The average Bonchev–Trinajstić information content (AvgIpc) is 2.38. The fourth-order valence-corrected chi connectivity index (χ4v) is 1.87. The van der Waals surface area contributed by atoms with E-state index >= 15 is 0 Å². The Kier molecular flexibility index (Phi) is 5.44. The van der Waals surface area contributed by atoms with Gasteiger partial charge >= 0.3 is 0 Å². The molecule has 6 nitrogen and oxygen atoms in total. The van der Waals surface area contributed by atoms with E-state index in [-0.39, 0.29) is 18.1 Å². The number of hydrogen-bond donors (Lipinski definition) is 1. The molecule has 104 valence electrons. The molecule has 1 aromatic carbocycles. The van der Waals surface area contributed by atoms with Crippen molar-refractivity contribution < 1.29 is 9.72 Å². The molecule has 19 heavy (non-hydrogen) atoms. The van der Waals surface area contributed by atoms with Gasteiger partial charge in [-0.1, -0.05) is 31.5 Å². The van der Waals surface area contributed by atoms with Gasteiger partial charge in [0.2, 0.25) is 5.91 Å². The molecule has 0 saturated carbocycles. The predicted octanol–water partition coefficient (Wildman–Crippen LogP) is 1.68. The number of hydrogen-bond acceptors (Lipinski definition) is 4. The molecule has 1 unspecified atom stereocenters. The lowest BCUT2D eigenvalue weighted by atomic mass is 10.1. The number of nitrogens with zero attached hydrogens (tertiary/aromatic N) is 2. The van der Waals surface area contributed by atoms with Gasteiger partial charge in [-0.3, -0.25) is 14.9 Å². The second-order valence-electron chi connectivity index (χ2n) is 4.48. The van der Waals surface area contributed by atoms with Crippen LogP contribution in [0.4, 0.5) is 5.69 Å². The highest BCUT2D eigenvalue weighted by Gasteiger charge is 2.20. The van der Waals surface area contributed by atoms with Crippen molar-refractivity contribution in [2.75, 3.05) is 7.05 Å². The first-order valence-electron chi connectivity index (χ1n) is 6.20. The molecule has 0 bridgehead atoms. The van der Waals surface area contributed by atoms with Crippen LogP contribution in [0.25, 0.3) is 0 Å². The summed E-state index contributed by atoms with van der Waals surface area (Å²) in [7, 11) is 1.61. The van der Waals surface area contributed by atoms with Crippen LogP contribution in [-0.2, 0) is 11.3 Å². The first kappa shape index (κ1) is 15.1. The summed E-state index contributed by atoms with van der Waals surface area (Å²) in [5.41, 5.74) is 6.28. The van der Waals surface area contributed by atoms with Crippen LogP contribution >= 0.6 is 0 Å². The quantitative estimate of drug-likeness (QED) is 0.626. The number of amides is 1. The topological polar surface area (TPSA) is 89.5 Å². The summed E-state index contributed by atoms with van der Waals surface area (Å²) >= 11 is 0. The smallest absolute Gasteiger partial charge is 0.274 e. The molecular formula is C13H19N3O3. The Hall–Kier alpha value is -1.95. The van der Waals surface area contributed by atoms with Crippen LogP contribution in [0.5, 0.6) is 0 Å². The Balaban J connectivity index is 2.79. The van der Waals surface area contributed by atoms with E-state index < -0.39 is 11.0 Å². The fraction of sp³-hybridized carbons (Fsp3) is 0.462. The minimum absolute atomic E-state index is 0.0196. The van der Waals surface area contributed by atoms with E-state index in [4.69, 9.17) is 5.73 Å². The number of para-hydroxylation sites is 1. The lowest BCUT2D eigenvalue weighted by molar-refractivity contribution is -0.385. The van der Waals surface area contributed by atoms with Crippen LogP contribution in [0.1, 0.15) is 25.3 Å². The summed E-state index contributed by atoms with van der Waals surface area (Å²) in [4.78, 5) is 23.8. The third kappa shape index (κ3) is 4.03. The second-order valence-corrected chi connectivity index (χ2v) is 4.48. The van der Waals surface area contributed by atoms with Crippen molar-refractivity contribution in [3.05, 3.63) is 39.9 Å². The minimum Gasteiger partial charge on any atom is -0.340 e. The van der Waals surface area contributed by atoms with Gasteiger partial charge in [-0.25, -0.2) is 0 Å². The van der Waals surface area contributed by atoms with Gasteiger partial charge < -0.3 is 10.6 Å². The maximum absolute atomic E-state index is 11.9. The van der Waals surface area contributed by atoms with E-state index in [0.29, 0.717) is 12.0 Å². The average molecular weight is 265 g/mol. The number of rotatable bonds is 6. The molecule has 0 aliphatic heterocycles. The molecule has 6 heteroatoms. The number of carbonyl (C=O) groups is 1. The molecule has 0 aromatic heterocycles. The molecule has 0 saturated heterocycles. The normalized spacial score (nSPS) is 11.9. The molecule has 0 spiro atoms. The number of nitrogens with two attached hydrogens (primary N) is 1. The molecule has 1 aromatic rings. The molecule has 2 N–H and O–H groups in total. The van der Waals surface area contributed by atoms with Crippen LogP contribution in [0.15, 0.2) is 24.3 Å². The highest BCUT2D eigenvalue weighted by Crippen LogP contribution is 2.19. The molecule has 1 atom stereocenters. The van der Waals surface area contributed by atoms with Crippen molar-refractivity contribution in [2.24, 2.45) is 5.73 Å². The monoisotopic (exact) mass is 265 g/mol. The largest absolute Gasteiger partial charge is 0.340 e. The number of carbonyl (C=O) groups excluding carboxylic acids is 1. The Labute approximate surface area is 112 Å². The van der Waals surface area contributed by atoms with Gasteiger partial charge in [0, 0.05) is 18.7 Å². The lowest BCUT2D eigenvalue weighted by Gasteiger charge is -2.21. The Morgan fingerprint density at radius 1 is 1.47 bits per heavy atom. The molecule has 1 rings (SSSR count). The lowest BCUT2D eigenvalue weighted by Crippen LogP contribution is -2.41. The van der Waals surface area contributed by atoms with Gasteiger partial charge in [-0.2, -0.15) is 0 Å². The minimum atomic E-state index is -0.544. The van der Waals surface area contributed by atoms with Gasteiger partial charge in [0.05, 0.1) is 17.5 Å². The number of likely N-dealkylation sites (N-methyl/N-ethyl adjacent to an activating group) is 1. The number of nitro benzene ring substituents is 1. The van der Waals surface area contributed by atoms with E-state index in [9.17, 15) is 14.9 Å². The molecule has 0 heterocycles. The van der Waals surface area contributed by atoms with Gasteiger partial charge in [0.15, 0.2) is 0 Å². The first-order chi connectivity index (χ1) is 8.97. The second kappa shape index (κ2) is 6.84. The molecule has 0 aliphatic rings. The van der Waals surface area contributed by atoms with Gasteiger partial charge in [-0.05, 0) is 6.42 Å². The van der Waals surface area contributed by atoms with E-state index in [1.807, 2.05) is 6.92 Å². The van der Waals surface area contributed by atoms with Gasteiger partial charge in [-0.15, -0.1) is 0 Å². The van der Waals surface area contributed by atoms with E-state index in [1.165, 1.54) is 11.0 Å². The maximum atomic E-state index is 11.9. The molecular weight excluding hydrogens is 246 g/mol. The summed E-state index contributed by atoms with van der Waals surface area (Å²) in [6.07, 6.45) is 1.44. The molecule has 0 radical (unpaired) electrons. The van der Waals surface area contributed by atoms with Crippen molar-refractivity contribution in [2.45, 2.75) is 32.4 Å². The Bertz CT molecular complexity index is 462. The third-order valence-corrected chi connectivity index (χ3v) is 2.89. The number of nitro groups is 1. The highest BCUT2D eigenvalue weighted by molar-refractivity contribution is 5.81.